The Morgan fingerprint density at radius 3 is 1.90 bits per heavy atom. The van der Waals surface area contributed by atoms with Crippen molar-refractivity contribution in [3.05, 3.63) is 64.7 Å². The molecule has 0 saturated carbocycles. The lowest BCUT2D eigenvalue weighted by molar-refractivity contribution is -0.134. The molecule has 1 aliphatic rings. The third-order valence-corrected chi connectivity index (χ3v) is 7.97. The summed E-state index contributed by atoms with van der Waals surface area (Å²) in [6.45, 7) is 8.39. The van der Waals surface area contributed by atoms with Crippen LogP contribution in [0.15, 0.2) is 42.5 Å². The van der Waals surface area contributed by atoms with Crippen molar-refractivity contribution in [2.24, 2.45) is 0 Å². The summed E-state index contributed by atoms with van der Waals surface area (Å²) in [6, 6.07) is 12.3. The van der Waals surface area contributed by atoms with Crippen LogP contribution in [0.3, 0.4) is 0 Å². The molecule has 0 spiro atoms. The number of hydrogen-bond donors (Lipinski definition) is 1. The molecule has 1 aliphatic carbocycles. The fourth-order valence-corrected chi connectivity index (χ4v) is 5.45. The van der Waals surface area contributed by atoms with Crippen molar-refractivity contribution >= 4 is 23.4 Å². The molecular weight excluding hydrogens is 514 g/mol. The lowest BCUT2D eigenvalue weighted by atomic mass is 9.84. The van der Waals surface area contributed by atoms with Crippen LogP contribution in [-0.4, -0.2) is 29.0 Å². The molecule has 2 aromatic carbocycles. The second-order valence-corrected chi connectivity index (χ2v) is 11.7. The Labute approximate surface area is 245 Å². The fourth-order valence-electron chi connectivity index (χ4n) is 5.45. The summed E-state index contributed by atoms with van der Waals surface area (Å²) >= 11 is 0. The minimum absolute atomic E-state index is 0.0849. The maximum atomic E-state index is 13.9. The van der Waals surface area contributed by atoms with Gasteiger partial charge in [0.2, 0.25) is 5.91 Å². The van der Waals surface area contributed by atoms with Crippen molar-refractivity contribution in [1.82, 2.24) is 5.32 Å². The molecule has 6 heteroatoms. The Kier molecular flexibility index (Phi) is 12.3. The lowest BCUT2D eigenvalue weighted by Gasteiger charge is -2.28. The van der Waals surface area contributed by atoms with E-state index in [-0.39, 0.29) is 30.6 Å². The van der Waals surface area contributed by atoms with Crippen LogP contribution in [0.2, 0.25) is 0 Å². The first-order chi connectivity index (χ1) is 19.7. The van der Waals surface area contributed by atoms with Crippen LogP contribution in [0.5, 0.6) is 5.75 Å². The van der Waals surface area contributed by atoms with Crippen molar-refractivity contribution < 1.29 is 23.9 Å². The average molecular weight is 562 g/mol. The van der Waals surface area contributed by atoms with Crippen molar-refractivity contribution in [1.29, 1.82) is 0 Å². The summed E-state index contributed by atoms with van der Waals surface area (Å²) in [5.74, 6) is -0.950. The molecule has 0 fully saturated rings. The van der Waals surface area contributed by atoms with E-state index in [0.29, 0.717) is 35.3 Å². The van der Waals surface area contributed by atoms with Gasteiger partial charge in [-0.2, -0.15) is 0 Å². The van der Waals surface area contributed by atoms with E-state index < -0.39 is 17.1 Å². The van der Waals surface area contributed by atoms with E-state index in [2.05, 4.69) is 33.0 Å². The zero-order valence-corrected chi connectivity index (χ0v) is 25.4. The van der Waals surface area contributed by atoms with Gasteiger partial charge in [0.05, 0.1) is 0 Å². The van der Waals surface area contributed by atoms with Crippen molar-refractivity contribution in [3.63, 3.8) is 0 Å². The maximum Gasteiger partial charge on any atom is 0.311 e. The van der Waals surface area contributed by atoms with Gasteiger partial charge in [0, 0.05) is 30.4 Å². The van der Waals surface area contributed by atoms with Gasteiger partial charge in [0.25, 0.3) is 0 Å². The standard InChI is InChI=1S/C35H47NO5/c1-5-7-9-11-13-19-31(37)36-35(33(39)28-17-15-16-18-29(28)34(35)40)24-27-22-21-26(25(3)4)23-30(27)41-32(38)20-14-12-10-8-6-2/h15-18,21-23,25H,5-14,19-20,24H2,1-4H3,(H,36,37). The number of ketones is 2. The Morgan fingerprint density at radius 2 is 1.34 bits per heavy atom. The number of rotatable bonds is 17. The molecular formula is C35H47NO5. The van der Waals surface area contributed by atoms with Gasteiger partial charge in [0.1, 0.15) is 5.75 Å². The number of esters is 1. The van der Waals surface area contributed by atoms with Gasteiger partial charge in [-0.15, -0.1) is 0 Å². The van der Waals surface area contributed by atoms with Crippen LogP contribution in [0.1, 0.15) is 143 Å². The van der Waals surface area contributed by atoms with Gasteiger partial charge in [-0.1, -0.05) is 115 Å². The summed E-state index contributed by atoms with van der Waals surface area (Å²) in [6.07, 6.45) is 10.4. The molecule has 0 aromatic heterocycles. The van der Waals surface area contributed by atoms with E-state index in [1.807, 2.05) is 18.2 Å². The largest absolute Gasteiger partial charge is 0.426 e. The third-order valence-electron chi connectivity index (χ3n) is 7.97. The second-order valence-electron chi connectivity index (χ2n) is 11.7. The number of unbranched alkanes of at least 4 members (excludes halogenated alkanes) is 8. The highest BCUT2D eigenvalue weighted by Gasteiger charge is 2.54. The highest BCUT2D eigenvalue weighted by molar-refractivity contribution is 6.34. The van der Waals surface area contributed by atoms with E-state index in [0.717, 1.165) is 63.4 Å². The number of amides is 1. The van der Waals surface area contributed by atoms with Crippen LogP contribution >= 0.6 is 0 Å². The highest BCUT2D eigenvalue weighted by Crippen LogP contribution is 2.36. The molecule has 41 heavy (non-hydrogen) atoms. The number of carbonyl (C=O) groups excluding carboxylic acids is 4. The Hall–Kier alpha value is -3.28. The van der Waals surface area contributed by atoms with E-state index in [9.17, 15) is 19.2 Å². The predicted molar refractivity (Wildman–Crippen MR) is 163 cm³/mol. The Balaban J connectivity index is 1.89. The molecule has 0 bridgehead atoms. The van der Waals surface area contributed by atoms with Gasteiger partial charge in [-0.25, -0.2) is 0 Å². The molecule has 0 heterocycles. The van der Waals surface area contributed by atoms with Gasteiger partial charge >= 0.3 is 5.97 Å². The average Bonchev–Trinajstić information content (AvgIpc) is 3.15. The molecule has 2 aromatic rings. The Bertz CT molecular complexity index is 1180. The van der Waals surface area contributed by atoms with E-state index in [4.69, 9.17) is 4.74 Å². The van der Waals surface area contributed by atoms with Crippen LogP contribution in [-0.2, 0) is 16.0 Å². The van der Waals surface area contributed by atoms with Gasteiger partial charge < -0.3 is 10.1 Å². The molecule has 0 atom stereocenters. The van der Waals surface area contributed by atoms with E-state index in [1.165, 1.54) is 0 Å². The minimum atomic E-state index is -1.77. The molecule has 0 aliphatic heterocycles. The van der Waals surface area contributed by atoms with Gasteiger partial charge in [0.15, 0.2) is 17.1 Å². The number of hydrogen-bond acceptors (Lipinski definition) is 5. The molecule has 1 amide bonds. The smallest absolute Gasteiger partial charge is 0.311 e. The second kappa shape index (κ2) is 15.6. The quantitative estimate of drug-likeness (QED) is 0.0917. The number of Topliss-reactive ketones (excluding diaryl/α,β-unsaturated/α-hetero) is 2. The first kappa shape index (κ1) is 32.2. The summed E-state index contributed by atoms with van der Waals surface area (Å²) in [7, 11) is 0. The summed E-state index contributed by atoms with van der Waals surface area (Å²) in [4.78, 5) is 53.8. The Morgan fingerprint density at radius 1 is 0.780 bits per heavy atom. The maximum absolute atomic E-state index is 13.9. The van der Waals surface area contributed by atoms with Crippen LogP contribution < -0.4 is 10.1 Å². The van der Waals surface area contributed by atoms with Crippen LogP contribution in [0, 0.1) is 0 Å². The minimum Gasteiger partial charge on any atom is -0.426 e. The van der Waals surface area contributed by atoms with Crippen LogP contribution in [0.25, 0.3) is 0 Å². The number of nitrogens with one attached hydrogen (secondary N) is 1. The summed E-state index contributed by atoms with van der Waals surface area (Å²) in [5.41, 5.74) is 0.379. The lowest BCUT2D eigenvalue weighted by Crippen LogP contribution is -2.58. The molecule has 1 N–H and O–H groups in total. The van der Waals surface area contributed by atoms with Crippen molar-refractivity contribution in [3.8, 4) is 5.75 Å². The number of benzene rings is 2. The number of ether oxygens (including phenoxy) is 1. The van der Waals surface area contributed by atoms with Gasteiger partial charge in [-0.3, -0.25) is 19.2 Å². The molecule has 3 rings (SSSR count). The van der Waals surface area contributed by atoms with Crippen LogP contribution in [0.4, 0.5) is 0 Å². The molecule has 0 unspecified atom stereocenters. The third kappa shape index (κ3) is 8.37. The summed E-state index contributed by atoms with van der Waals surface area (Å²) in [5, 5.41) is 2.87. The zero-order valence-electron chi connectivity index (χ0n) is 25.4. The molecule has 0 radical (unpaired) electrons. The van der Waals surface area contributed by atoms with Crippen molar-refractivity contribution in [2.45, 2.75) is 123 Å². The first-order valence-corrected chi connectivity index (χ1v) is 15.6. The zero-order chi connectivity index (χ0) is 29.8. The normalized spacial score (nSPS) is 13.9. The monoisotopic (exact) mass is 561 g/mol. The van der Waals surface area contributed by atoms with Gasteiger partial charge in [-0.05, 0) is 36.0 Å². The number of fused-ring (bicyclic) bond motifs is 1. The molecule has 0 saturated heterocycles. The van der Waals surface area contributed by atoms with E-state index >= 15 is 0 Å². The predicted octanol–water partition coefficient (Wildman–Crippen LogP) is 7.91. The first-order valence-electron chi connectivity index (χ1n) is 15.6. The molecule has 6 nitrogen and oxygen atoms in total. The summed E-state index contributed by atoms with van der Waals surface area (Å²) < 4.78 is 5.88. The number of carbonyl (C=O) groups is 4. The fraction of sp³-hybridized carbons (Fsp3) is 0.543. The SMILES string of the molecule is CCCCCCCC(=O)NC1(Cc2ccc(C(C)C)cc2OC(=O)CCCCCCC)C(=O)c2ccccc2C1=O. The molecule has 222 valence electrons. The van der Waals surface area contributed by atoms with E-state index in [1.54, 1.807) is 24.3 Å². The van der Waals surface area contributed by atoms with Crippen molar-refractivity contribution in [2.75, 3.05) is 0 Å². The topological polar surface area (TPSA) is 89.5 Å². The highest BCUT2D eigenvalue weighted by atomic mass is 16.5.